The summed E-state index contributed by atoms with van der Waals surface area (Å²) in [5.41, 5.74) is 4.44. The van der Waals surface area contributed by atoms with Crippen LogP contribution in [-0.4, -0.2) is 22.3 Å². The molecule has 0 unspecified atom stereocenters. The lowest BCUT2D eigenvalue weighted by Gasteiger charge is -2.08. The molecule has 0 bridgehead atoms. The van der Waals surface area contributed by atoms with Gasteiger partial charge in [0.15, 0.2) is 0 Å². The van der Waals surface area contributed by atoms with Crippen molar-refractivity contribution in [1.29, 1.82) is 5.26 Å². The molecular weight excluding hydrogens is 512 g/mol. The van der Waals surface area contributed by atoms with E-state index in [9.17, 15) is 10.1 Å². The average molecular weight is 541 g/mol. The van der Waals surface area contributed by atoms with Gasteiger partial charge in [0.25, 0.3) is 5.91 Å². The smallest absolute Gasteiger partial charge is 0.266 e. The van der Waals surface area contributed by atoms with E-state index < -0.39 is 5.91 Å². The van der Waals surface area contributed by atoms with E-state index in [0.29, 0.717) is 41.7 Å². The Morgan fingerprint density at radius 2 is 1.63 bits per heavy atom. The van der Waals surface area contributed by atoms with Crippen molar-refractivity contribution in [3.05, 3.63) is 132 Å². The minimum Gasteiger partial charge on any atom is -0.494 e. The maximum atomic E-state index is 13.1. The number of benzene rings is 4. The molecule has 0 saturated heterocycles. The number of nitrogens with zero attached hydrogens (tertiary/aromatic N) is 3. The molecule has 41 heavy (non-hydrogen) atoms. The Morgan fingerprint density at radius 1 is 0.902 bits per heavy atom. The van der Waals surface area contributed by atoms with E-state index in [0.717, 1.165) is 16.8 Å². The topological polar surface area (TPSA) is 89.2 Å². The summed E-state index contributed by atoms with van der Waals surface area (Å²) in [4.78, 5) is 13.1. The van der Waals surface area contributed by atoms with Crippen molar-refractivity contribution in [1.82, 2.24) is 9.78 Å². The van der Waals surface area contributed by atoms with Crippen molar-refractivity contribution >= 4 is 17.7 Å². The number of nitrogens with one attached hydrogen (secondary N) is 1. The number of carbonyl (C=O) groups excluding carboxylic acids is 1. The second-order valence-corrected chi connectivity index (χ2v) is 9.10. The number of ether oxygens (including phenoxy) is 2. The van der Waals surface area contributed by atoms with Gasteiger partial charge in [-0.2, -0.15) is 10.4 Å². The van der Waals surface area contributed by atoms with Crippen molar-refractivity contribution < 1.29 is 14.3 Å². The highest BCUT2D eigenvalue weighted by Crippen LogP contribution is 2.29. The largest absolute Gasteiger partial charge is 0.494 e. The van der Waals surface area contributed by atoms with E-state index >= 15 is 0 Å². The molecular formula is C34H28N4O3. The van der Waals surface area contributed by atoms with Gasteiger partial charge in [-0.3, -0.25) is 4.79 Å². The molecule has 0 fully saturated rings. The summed E-state index contributed by atoms with van der Waals surface area (Å²) in [7, 11) is 0. The fourth-order valence-electron chi connectivity index (χ4n) is 4.21. The van der Waals surface area contributed by atoms with Gasteiger partial charge >= 0.3 is 0 Å². The summed E-state index contributed by atoms with van der Waals surface area (Å²) >= 11 is 0. The third-order valence-electron chi connectivity index (χ3n) is 6.21. The van der Waals surface area contributed by atoms with Crippen LogP contribution in [0.25, 0.3) is 23.0 Å². The molecule has 0 aliphatic rings. The van der Waals surface area contributed by atoms with Crippen LogP contribution in [0.1, 0.15) is 18.1 Å². The predicted molar refractivity (Wildman–Crippen MR) is 160 cm³/mol. The molecule has 7 heteroatoms. The molecule has 0 radical (unpaired) electrons. The Balaban J connectivity index is 1.46. The van der Waals surface area contributed by atoms with E-state index in [2.05, 4.69) is 5.32 Å². The van der Waals surface area contributed by atoms with Crippen LogP contribution < -0.4 is 14.8 Å². The van der Waals surface area contributed by atoms with Crippen molar-refractivity contribution in [2.75, 3.05) is 11.9 Å². The van der Waals surface area contributed by atoms with E-state index in [1.807, 2.05) is 104 Å². The molecule has 1 heterocycles. The SMILES string of the molecule is CCOc1ccc(NC(=O)/C(C#N)=C\c2cn(-c3ccccc3)nc2-c2cccc(OCc3ccccc3)c2)cc1. The molecule has 1 N–H and O–H groups in total. The van der Waals surface area contributed by atoms with Gasteiger partial charge in [0.05, 0.1) is 12.3 Å². The third-order valence-corrected chi connectivity index (χ3v) is 6.21. The van der Waals surface area contributed by atoms with Gasteiger partial charge in [0.1, 0.15) is 35.4 Å². The van der Waals surface area contributed by atoms with Gasteiger partial charge in [0, 0.05) is 23.0 Å². The van der Waals surface area contributed by atoms with Gasteiger partial charge in [-0.25, -0.2) is 4.68 Å². The van der Waals surface area contributed by atoms with Crippen LogP contribution in [0.15, 0.2) is 121 Å². The van der Waals surface area contributed by atoms with Crippen LogP contribution in [-0.2, 0) is 11.4 Å². The Kier molecular flexibility index (Phi) is 8.53. The van der Waals surface area contributed by atoms with Crippen molar-refractivity contribution in [2.24, 2.45) is 0 Å². The van der Waals surface area contributed by atoms with Crippen LogP contribution in [0.4, 0.5) is 5.69 Å². The minimum atomic E-state index is -0.519. The summed E-state index contributed by atoms with van der Waals surface area (Å²) in [6.07, 6.45) is 3.37. The lowest BCUT2D eigenvalue weighted by atomic mass is 10.1. The molecule has 1 amide bonds. The maximum Gasteiger partial charge on any atom is 0.266 e. The number of amides is 1. The van der Waals surface area contributed by atoms with Crippen LogP contribution in [0.3, 0.4) is 0 Å². The first-order valence-corrected chi connectivity index (χ1v) is 13.2. The van der Waals surface area contributed by atoms with Gasteiger partial charge in [-0.15, -0.1) is 0 Å². The van der Waals surface area contributed by atoms with Crippen molar-refractivity contribution in [3.63, 3.8) is 0 Å². The predicted octanol–water partition coefficient (Wildman–Crippen LogP) is 7.06. The van der Waals surface area contributed by atoms with E-state index in [-0.39, 0.29) is 5.57 Å². The lowest BCUT2D eigenvalue weighted by molar-refractivity contribution is -0.112. The van der Waals surface area contributed by atoms with Crippen LogP contribution >= 0.6 is 0 Å². The van der Waals surface area contributed by atoms with Crippen LogP contribution in [0, 0.1) is 11.3 Å². The monoisotopic (exact) mass is 540 g/mol. The molecule has 5 aromatic rings. The molecule has 1 aromatic heterocycles. The lowest BCUT2D eigenvalue weighted by Crippen LogP contribution is -2.13. The highest BCUT2D eigenvalue weighted by Gasteiger charge is 2.16. The molecule has 202 valence electrons. The fourth-order valence-corrected chi connectivity index (χ4v) is 4.21. The zero-order valence-electron chi connectivity index (χ0n) is 22.5. The number of carbonyl (C=O) groups is 1. The zero-order chi connectivity index (χ0) is 28.4. The van der Waals surface area contributed by atoms with Gasteiger partial charge in [-0.1, -0.05) is 60.7 Å². The number of hydrogen-bond donors (Lipinski definition) is 1. The summed E-state index contributed by atoms with van der Waals surface area (Å²) in [5.74, 6) is 0.869. The van der Waals surface area contributed by atoms with Gasteiger partial charge in [-0.05, 0) is 67.1 Å². The minimum absolute atomic E-state index is 0.0516. The molecule has 0 aliphatic carbocycles. The van der Waals surface area contributed by atoms with E-state index in [4.69, 9.17) is 14.6 Å². The molecule has 0 spiro atoms. The van der Waals surface area contributed by atoms with Crippen LogP contribution in [0.2, 0.25) is 0 Å². The van der Waals surface area contributed by atoms with E-state index in [1.54, 1.807) is 35.0 Å². The normalized spacial score (nSPS) is 11.0. The number of anilines is 1. The standard InChI is InChI=1S/C34H28N4O3/c1-2-40-31-18-16-29(17-19-31)36-34(39)27(22-35)20-28-23-38(30-13-7-4-8-14-30)37-33(28)26-12-9-15-32(21-26)41-24-25-10-5-3-6-11-25/h3-21,23H,2,24H2,1H3,(H,36,39)/b27-20-. The Bertz CT molecular complexity index is 1690. The van der Waals surface area contributed by atoms with Gasteiger partial charge in [0.2, 0.25) is 0 Å². The molecule has 5 rings (SSSR count). The Hall–Kier alpha value is -5.61. The molecule has 0 saturated carbocycles. The first kappa shape index (κ1) is 27.0. The third kappa shape index (κ3) is 6.88. The van der Waals surface area contributed by atoms with Gasteiger partial charge < -0.3 is 14.8 Å². The second-order valence-electron chi connectivity index (χ2n) is 9.10. The summed E-state index contributed by atoms with van der Waals surface area (Å²) in [6.45, 7) is 2.88. The summed E-state index contributed by atoms with van der Waals surface area (Å²) in [5, 5.41) is 17.5. The quantitative estimate of drug-likeness (QED) is 0.151. The van der Waals surface area contributed by atoms with E-state index in [1.165, 1.54) is 0 Å². The first-order chi connectivity index (χ1) is 20.1. The average Bonchev–Trinajstić information content (AvgIpc) is 3.45. The molecule has 0 aliphatic heterocycles. The number of hydrogen-bond acceptors (Lipinski definition) is 5. The highest BCUT2D eigenvalue weighted by atomic mass is 16.5. The number of aromatic nitrogens is 2. The second kappa shape index (κ2) is 13.0. The van der Waals surface area contributed by atoms with Crippen LogP contribution in [0.5, 0.6) is 11.5 Å². The molecule has 4 aromatic carbocycles. The first-order valence-electron chi connectivity index (χ1n) is 13.2. The molecule has 7 nitrogen and oxygen atoms in total. The Morgan fingerprint density at radius 3 is 2.34 bits per heavy atom. The maximum absolute atomic E-state index is 13.1. The fraction of sp³-hybridized carbons (Fsp3) is 0.0882. The summed E-state index contributed by atoms with van der Waals surface area (Å²) < 4.78 is 13.2. The number of rotatable bonds is 10. The summed E-state index contributed by atoms with van der Waals surface area (Å²) in [6, 6.07) is 36.3. The van der Waals surface area contributed by atoms with Crippen molar-refractivity contribution in [3.8, 4) is 34.5 Å². The molecule has 0 atom stereocenters. The Labute approximate surface area is 238 Å². The number of nitriles is 1. The highest BCUT2D eigenvalue weighted by molar-refractivity contribution is 6.10. The number of para-hydroxylation sites is 1. The van der Waals surface area contributed by atoms with Crippen molar-refractivity contribution in [2.45, 2.75) is 13.5 Å². The zero-order valence-corrected chi connectivity index (χ0v) is 22.5.